The highest BCUT2D eigenvalue weighted by molar-refractivity contribution is 7.10. The van der Waals surface area contributed by atoms with E-state index in [1.807, 2.05) is 11.4 Å². The monoisotopic (exact) mass is 409 g/mol. The van der Waals surface area contributed by atoms with E-state index >= 15 is 0 Å². The Kier molecular flexibility index (Phi) is 4.06. The number of aryl methyl sites for hydroxylation is 2. The van der Waals surface area contributed by atoms with Crippen LogP contribution in [0, 0.1) is 0 Å². The Balaban J connectivity index is 1.39. The molecule has 2 aliphatic heterocycles. The maximum atomic E-state index is 13.2. The van der Waals surface area contributed by atoms with Gasteiger partial charge in [-0.3, -0.25) is 19.3 Å². The Morgan fingerprint density at radius 1 is 1.14 bits per heavy atom. The van der Waals surface area contributed by atoms with E-state index in [0.29, 0.717) is 30.5 Å². The van der Waals surface area contributed by atoms with Crippen molar-refractivity contribution in [2.75, 3.05) is 11.9 Å². The van der Waals surface area contributed by atoms with E-state index in [0.717, 1.165) is 33.7 Å². The summed E-state index contributed by atoms with van der Waals surface area (Å²) >= 11 is 1.60. The van der Waals surface area contributed by atoms with Gasteiger partial charge in [0.15, 0.2) is 5.78 Å². The Labute approximate surface area is 171 Å². The topological polar surface area (TPSA) is 95.6 Å². The molecule has 1 unspecified atom stereocenters. The zero-order valence-electron chi connectivity index (χ0n) is 15.6. The molecule has 2 aromatic rings. The lowest BCUT2D eigenvalue weighted by atomic mass is 9.80. The lowest BCUT2D eigenvalue weighted by molar-refractivity contribution is -0.131. The van der Waals surface area contributed by atoms with E-state index in [1.165, 1.54) is 0 Å². The van der Waals surface area contributed by atoms with Crippen molar-refractivity contribution in [3.05, 3.63) is 51.2 Å². The molecular weight excluding hydrogens is 390 g/mol. The molecule has 1 aromatic carbocycles. The first-order valence-corrected chi connectivity index (χ1v) is 10.5. The Morgan fingerprint density at radius 2 is 2.00 bits per heavy atom. The molecule has 3 heterocycles. The van der Waals surface area contributed by atoms with Gasteiger partial charge in [0.1, 0.15) is 5.54 Å². The molecular formula is C21H19N3O4S. The average Bonchev–Trinajstić information content (AvgIpc) is 3.28. The van der Waals surface area contributed by atoms with Gasteiger partial charge >= 0.3 is 6.03 Å². The van der Waals surface area contributed by atoms with E-state index in [-0.39, 0.29) is 24.1 Å². The Bertz CT molecular complexity index is 1080. The van der Waals surface area contributed by atoms with Crippen LogP contribution in [-0.2, 0) is 28.0 Å². The number of Topliss-reactive ketones (excluding diaryl/α,β-unsaturated/α-hetero) is 1. The summed E-state index contributed by atoms with van der Waals surface area (Å²) in [6.45, 7) is -0.295. The smallest absolute Gasteiger partial charge is 0.325 e. The fraction of sp³-hybridized carbons (Fsp3) is 0.333. The lowest BCUT2D eigenvalue weighted by Crippen LogP contribution is -2.46. The van der Waals surface area contributed by atoms with Crippen LogP contribution in [0.25, 0.3) is 0 Å². The number of carbonyl (C=O) groups excluding carboxylic acids is 4. The van der Waals surface area contributed by atoms with Gasteiger partial charge in [-0.05, 0) is 60.9 Å². The van der Waals surface area contributed by atoms with Gasteiger partial charge in [-0.1, -0.05) is 0 Å². The molecule has 0 radical (unpaired) electrons. The minimum atomic E-state index is -1.04. The first-order valence-electron chi connectivity index (χ1n) is 9.65. The van der Waals surface area contributed by atoms with Crippen LogP contribution in [0.3, 0.4) is 0 Å². The van der Waals surface area contributed by atoms with Crippen molar-refractivity contribution in [1.82, 2.24) is 10.2 Å². The Morgan fingerprint density at radius 3 is 2.86 bits per heavy atom. The molecule has 1 spiro atoms. The highest BCUT2D eigenvalue weighted by Crippen LogP contribution is 2.42. The molecule has 8 heteroatoms. The molecule has 29 heavy (non-hydrogen) atoms. The van der Waals surface area contributed by atoms with Crippen LogP contribution in [0.2, 0.25) is 0 Å². The maximum absolute atomic E-state index is 13.2. The number of fused-ring (bicyclic) bond motifs is 3. The first-order chi connectivity index (χ1) is 14.0. The summed E-state index contributed by atoms with van der Waals surface area (Å²) in [4.78, 5) is 52.4. The van der Waals surface area contributed by atoms with Gasteiger partial charge in [-0.2, -0.15) is 0 Å². The van der Waals surface area contributed by atoms with E-state index in [4.69, 9.17) is 0 Å². The molecule has 1 aromatic heterocycles. The number of nitrogens with zero attached hydrogens (tertiary/aromatic N) is 1. The molecule has 2 N–H and O–H groups in total. The van der Waals surface area contributed by atoms with Crippen molar-refractivity contribution in [2.45, 2.75) is 37.6 Å². The van der Waals surface area contributed by atoms with Crippen LogP contribution in [-0.4, -0.2) is 35.1 Å². The number of benzene rings is 1. The Hall–Kier alpha value is -3.00. The van der Waals surface area contributed by atoms with E-state index in [1.54, 1.807) is 29.5 Å². The van der Waals surface area contributed by atoms with Crippen molar-refractivity contribution in [3.8, 4) is 0 Å². The number of hydrogen-bond acceptors (Lipinski definition) is 5. The number of urea groups is 1. The second-order valence-corrected chi connectivity index (χ2v) is 8.68. The van der Waals surface area contributed by atoms with Crippen molar-refractivity contribution < 1.29 is 19.2 Å². The molecule has 1 aliphatic carbocycles. The van der Waals surface area contributed by atoms with Crippen LogP contribution in [0.1, 0.15) is 45.6 Å². The molecule has 7 nitrogen and oxygen atoms in total. The van der Waals surface area contributed by atoms with Crippen LogP contribution >= 0.6 is 11.3 Å². The van der Waals surface area contributed by atoms with Gasteiger partial charge in [0, 0.05) is 28.1 Å². The molecule has 1 fully saturated rings. The molecule has 3 aliphatic rings. The second kappa shape index (κ2) is 6.52. The number of ketones is 1. The van der Waals surface area contributed by atoms with Gasteiger partial charge in [0.25, 0.3) is 5.91 Å². The predicted molar refractivity (Wildman–Crippen MR) is 107 cm³/mol. The standard InChI is InChI=1S/C21H19N3O4S/c25-16(13-3-5-15-12(10-13)4-6-18(26)22-15)11-24-19(27)21(23-20(24)28)8-1-2-17-14(21)7-9-29-17/h3,5,7,9-10H,1-2,4,6,8,11H2,(H,22,26)(H,23,28). The van der Waals surface area contributed by atoms with Gasteiger partial charge in [0.2, 0.25) is 5.91 Å². The zero-order chi connectivity index (χ0) is 20.2. The number of thiophene rings is 1. The minimum Gasteiger partial charge on any atom is -0.326 e. The highest BCUT2D eigenvalue weighted by atomic mass is 32.1. The van der Waals surface area contributed by atoms with Gasteiger partial charge in [-0.25, -0.2) is 4.79 Å². The highest BCUT2D eigenvalue weighted by Gasteiger charge is 2.54. The number of carbonyl (C=O) groups is 4. The molecule has 0 saturated carbocycles. The summed E-state index contributed by atoms with van der Waals surface area (Å²) in [6, 6.07) is 6.45. The second-order valence-electron chi connectivity index (χ2n) is 7.68. The summed E-state index contributed by atoms with van der Waals surface area (Å²) in [5.74, 6) is -0.687. The van der Waals surface area contributed by atoms with Gasteiger partial charge in [0.05, 0.1) is 6.54 Å². The van der Waals surface area contributed by atoms with Crippen LogP contribution in [0.5, 0.6) is 0 Å². The third kappa shape index (κ3) is 2.78. The third-order valence-corrected chi connectivity index (χ3v) is 6.94. The summed E-state index contributed by atoms with van der Waals surface area (Å²) in [7, 11) is 0. The fourth-order valence-corrected chi connectivity index (χ4v) is 5.48. The molecule has 0 bridgehead atoms. The number of anilines is 1. The number of hydrogen-bond donors (Lipinski definition) is 2. The number of nitrogens with one attached hydrogen (secondary N) is 2. The summed E-state index contributed by atoms with van der Waals surface area (Å²) in [6.07, 6.45) is 3.21. The summed E-state index contributed by atoms with van der Waals surface area (Å²) < 4.78 is 0. The molecule has 1 atom stereocenters. The first kappa shape index (κ1) is 18.1. The predicted octanol–water partition coefficient (Wildman–Crippen LogP) is 2.60. The zero-order valence-corrected chi connectivity index (χ0v) is 16.4. The van der Waals surface area contributed by atoms with Crippen LogP contribution in [0.15, 0.2) is 29.6 Å². The lowest BCUT2D eigenvalue weighted by Gasteiger charge is -2.31. The maximum Gasteiger partial charge on any atom is 0.325 e. The molecule has 1 saturated heterocycles. The molecule has 5 rings (SSSR count). The number of imide groups is 1. The molecule has 148 valence electrons. The number of rotatable bonds is 3. The largest absolute Gasteiger partial charge is 0.326 e. The van der Waals surface area contributed by atoms with Crippen LogP contribution < -0.4 is 10.6 Å². The van der Waals surface area contributed by atoms with Gasteiger partial charge < -0.3 is 10.6 Å². The fourth-order valence-electron chi connectivity index (χ4n) is 4.48. The van der Waals surface area contributed by atoms with E-state index in [9.17, 15) is 19.2 Å². The third-order valence-electron chi connectivity index (χ3n) is 5.96. The van der Waals surface area contributed by atoms with Crippen molar-refractivity contribution in [3.63, 3.8) is 0 Å². The normalized spacial score (nSPS) is 22.9. The van der Waals surface area contributed by atoms with E-state index in [2.05, 4.69) is 10.6 Å². The SMILES string of the molecule is O=C1CCc2cc(C(=O)CN3C(=O)NC4(CCCc5sccc54)C3=O)ccc2N1. The quantitative estimate of drug-likeness (QED) is 0.602. The summed E-state index contributed by atoms with van der Waals surface area (Å²) in [5.41, 5.74) is 1.86. The van der Waals surface area contributed by atoms with E-state index < -0.39 is 11.6 Å². The van der Waals surface area contributed by atoms with Crippen molar-refractivity contribution in [1.29, 1.82) is 0 Å². The number of amides is 4. The average molecular weight is 409 g/mol. The van der Waals surface area contributed by atoms with Crippen LogP contribution in [0.4, 0.5) is 10.5 Å². The van der Waals surface area contributed by atoms with Gasteiger partial charge in [-0.15, -0.1) is 11.3 Å². The minimum absolute atomic E-state index is 0.0403. The summed E-state index contributed by atoms with van der Waals surface area (Å²) in [5, 5.41) is 7.59. The van der Waals surface area contributed by atoms with Crippen molar-refractivity contribution >= 4 is 40.7 Å². The molecule has 4 amide bonds. The van der Waals surface area contributed by atoms with Crippen molar-refractivity contribution in [2.24, 2.45) is 0 Å².